The summed E-state index contributed by atoms with van der Waals surface area (Å²) in [7, 11) is 0. The van der Waals surface area contributed by atoms with Crippen LogP contribution >= 0.6 is 0 Å². The van der Waals surface area contributed by atoms with Crippen molar-refractivity contribution < 1.29 is 19.5 Å². The molecule has 7 nitrogen and oxygen atoms in total. The summed E-state index contributed by atoms with van der Waals surface area (Å²) >= 11 is 0. The van der Waals surface area contributed by atoms with E-state index in [0.29, 0.717) is 5.69 Å². The maximum Gasteiger partial charge on any atom is 0.329 e. The molecule has 7 heteroatoms. The third-order valence-corrected chi connectivity index (χ3v) is 3.90. The van der Waals surface area contributed by atoms with E-state index in [2.05, 4.69) is 10.6 Å². The first-order valence-electron chi connectivity index (χ1n) is 7.93. The van der Waals surface area contributed by atoms with Gasteiger partial charge in [0, 0.05) is 5.69 Å². The van der Waals surface area contributed by atoms with Crippen LogP contribution < -0.4 is 10.6 Å². The second-order valence-electron chi connectivity index (χ2n) is 5.83. The molecular formula is C19H17N3O4. The van der Waals surface area contributed by atoms with Crippen LogP contribution in [0.4, 0.5) is 10.5 Å². The maximum absolute atomic E-state index is 12.4. The molecule has 2 aromatic carbocycles. The summed E-state index contributed by atoms with van der Waals surface area (Å²) in [5, 5.41) is 14.3. The first-order valence-corrected chi connectivity index (χ1v) is 7.93. The highest BCUT2D eigenvalue weighted by atomic mass is 16.3. The van der Waals surface area contributed by atoms with Crippen molar-refractivity contribution in [3.8, 4) is 5.75 Å². The number of carbonyl (C=O) groups excluding carboxylic acids is 3. The summed E-state index contributed by atoms with van der Waals surface area (Å²) in [6, 6.07) is 12.7. The molecule has 132 valence electrons. The Morgan fingerprint density at radius 2 is 1.85 bits per heavy atom. The molecular weight excluding hydrogens is 334 g/mol. The van der Waals surface area contributed by atoms with E-state index >= 15 is 0 Å². The number of hydrogen-bond acceptors (Lipinski definition) is 4. The number of phenols is 1. The fourth-order valence-electron chi connectivity index (χ4n) is 2.51. The van der Waals surface area contributed by atoms with E-state index in [1.54, 1.807) is 6.08 Å². The molecule has 0 aliphatic carbocycles. The number of benzene rings is 2. The van der Waals surface area contributed by atoms with Crippen LogP contribution in [0.25, 0.3) is 6.08 Å². The van der Waals surface area contributed by atoms with E-state index in [9.17, 15) is 19.5 Å². The zero-order chi connectivity index (χ0) is 18.7. The molecule has 0 bridgehead atoms. The first-order chi connectivity index (χ1) is 12.4. The van der Waals surface area contributed by atoms with Crippen LogP contribution in [-0.2, 0) is 9.59 Å². The van der Waals surface area contributed by atoms with Crippen LogP contribution in [0.3, 0.4) is 0 Å². The SMILES string of the molecule is Cc1ccccc1/C=C1\NC(=O)N(CC(=O)Nc2ccc(O)cc2)C1=O. The van der Waals surface area contributed by atoms with Gasteiger partial charge < -0.3 is 15.7 Å². The summed E-state index contributed by atoms with van der Waals surface area (Å²) in [5.41, 5.74) is 2.36. The van der Waals surface area contributed by atoms with E-state index in [-0.39, 0.29) is 11.4 Å². The lowest BCUT2D eigenvalue weighted by Crippen LogP contribution is -2.38. The second kappa shape index (κ2) is 7.10. The zero-order valence-electron chi connectivity index (χ0n) is 14.0. The van der Waals surface area contributed by atoms with Gasteiger partial charge in [-0.25, -0.2) is 9.69 Å². The minimum Gasteiger partial charge on any atom is -0.508 e. The largest absolute Gasteiger partial charge is 0.508 e. The molecule has 0 saturated carbocycles. The number of aromatic hydroxyl groups is 1. The van der Waals surface area contributed by atoms with E-state index in [1.165, 1.54) is 24.3 Å². The smallest absolute Gasteiger partial charge is 0.329 e. The van der Waals surface area contributed by atoms with Crippen LogP contribution in [-0.4, -0.2) is 34.4 Å². The Labute approximate surface area is 149 Å². The fourth-order valence-corrected chi connectivity index (χ4v) is 2.51. The zero-order valence-corrected chi connectivity index (χ0v) is 14.0. The Morgan fingerprint density at radius 3 is 2.54 bits per heavy atom. The maximum atomic E-state index is 12.4. The lowest BCUT2D eigenvalue weighted by molar-refractivity contribution is -0.127. The molecule has 4 amide bonds. The normalized spacial score (nSPS) is 15.3. The average Bonchev–Trinajstić information content (AvgIpc) is 2.86. The number of imide groups is 1. The van der Waals surface area contributed by atoms with Crippen LogP contribution in [0.1, 0.15) is 11.1 Å². The summed E-state index contributed by atoms with van der Waals surface area (Å²) in [4.78, 5) is 37.4. The van der Waals surface area contributed by atoms with E-state index in [4.69, 9.17) is 0 Å². The highest BCUT2D eigenvalue weighted by Crippen LogP contribution is 2.17. The third kappa shape index (κ3) is 3.72. The lowest BCUT2D eigenvalue weighted by Gasteiger charge is -2.12. The van der Waals surface area contributed by atoms with Gasteiger partial charge in [0.05, 0.1) is 0 Å². The standard InChI is InChI=1S/C19H17N3O4/c1-12-4-2-3-5-13(12)10-16-18(25)22(19(26)21-16)11-17(24)20-14-6-8-15(23)9-7-14/h2-10,23H,11H2,1H3,(H,20,24)(H,21,26)/b16-10-. The van der Waals surface area contributed by atoms with E-state index in [0.717, 1.165) is 16.0 Å². The van der Waals surface area contributed by atoms with Gasteiger partial charge in [-0.1, -0.05) is 24.3 Å². The van der Waals surface area contributed by atoms with Crippen LogP contribution in [0.2, 0.25) is 0 Å². The number of hydrogen-bond donors (Lipinski definition) is 3. The Bertz CT molecular complexity index is 903. The number of phenolic OH excluding ortho intramolecular Hbond substituents is 1. The number of anilines is 1. The highest BCUT2D eigenvalue weighted by Gasteiger charge is 2.34. The molecule has 3 rings (SSSR count). The molecule has 1 aliphatic rings. The van der Waals surface area contributed by atoms with Crippen molar-refractivity contribution in [1.29, 1.82) is 0 Å². The molecule has 1 aliphatic heterocycles. The van der Waals surface area contributed by atoms with Crippen LogP contribution in [0, 0.1) is 6.92 Å². The van der Waals surface area contributed by atoms with Crippen molar-refractivity contribution in [2.24, 2.45) is 0 Å². The molecule has 0 unspecified atom stereocenters. The number of rotatable bonds is 4. The molecule has 0 aromatic heterocycles. The second-order valence-corrected chi connectivity index (χ2v) is 5.83. The van der Waals surface area contributed by atoms with Crippen molar-refractivity contribution in [1.82, 2.24) is 10.2 Å². The quantitative estimate of drug-likeness (QED) is 0.447. The molecule has 3 N–H and O–H groups in total. The number of amides is 4. The van der Waals surface area contributed by atoms with E-state index < -0.39 is 24.4 Å². The Morgan fingerprint density at radius 1 is 1.15 bits per heavy atom. The molecule has 1 fully saturated rings. The molecule has 0 radical (unpaired) electrons. The van der Waals surface area contributed by atoms with Gasteiger partial charge in [0.1, 0.15) is 18.0 Å². The van der Waals surface area contributed by atoms with Gasteiger partial charge >= 0.3 is 6.03 Å². The van der Waals surface area contributed by atoms with Crippen LogP contribution in [0.15, 0.2) is 54.2 Å². The van der Waals surface area contributed by atoms with Gasteiger partial charge in [-0.15, -0.1) is 0 Å². The third-order valence-electron chi connectivity index (χ3n) is 3.90. The molecule has 1 saturated heterocycles. The monoisotopic (exact) mass is 351 g/mol. The van der Waals surface area contributed by atoms with Gasteiger partial charge in [0.15, 0.2) is 0 Å². The fraction of sp³-hybridized carbons (Fsp3) is 0.105. The van der Waals surface area contributed by atoms with Crippen molar-refractivity contribution in [2.45, 2.75) is 6.92 Å². The predicted octanol–water partition coefficient (Wildman–Crippen LogP) is 2.23. The Balaban J connectivity index is 1.70. The summed E-state index contributed by atoms with van der Waals surface area (Å²) in [6.45, 7) is 1.49. The summed E-state index contributed by atoms with van der Waals surface area (Å²) in [5.74, 6) is -1.00. The molecule has 0 spiro atoms. The van der Waals surface area contributed by atoms with Gasteiger partial charge in [0.2, 0.25) is 5.91 Å². The Kier molecular flexibility index (Phi) is 4.70. The van der Waals surface area contributed by atoms with Gasteiger partial charge in [-0.3, -0.25) is 9.59 Å². The summed E-state index contributed by atoms with van der Waals surface area (Å²) in [6.07, 6.45) is 1.59. The number of nitrogens with zero attached hydrogens (tertiary/aromatic N) is 1. The summed E-state index contributed by atoms with van der Waals surface area (Å²) < 4.78 is 0. The number of aryl methyl sites for hydroxylation is 1. The molecule has 26 heavy (non-hydrogen) atoms. The van der Waals surface area contributed by atoms with Crippen molar-refractivity contribution >= 4 is 29.6 Å². The highest BCUT2D eigenvalue weighted by molar-refractivity contribution is 6.16. The Hall–Kier alpha value is -3.61. The van der Waals surface area contributed by atoms with Gasteiger partial charge in [-0.05, 0) is 48.4 Å². The average molecular weight is 351 g/mol. The van der Waals surface area contributed by atoms with E-state index in [1.807, 2.05) is 31.2 Å². The molecule has 2 aromatic rings. The minimum atomic E-state index is -0.643. The van der Waals surface area contributed by atoms with Crippen molar-refractivity contribution in [3.63, 3.8) is 0 Å². The molecule has 0 atom stereocenters. The number of nitrogens with one attached hydrogen (secondary N) is 2. The number of carbonyl (C=O) groups is 3. The number of urea groups is 1. The van der Waals surface area contributed by atoms with Crippen molar-refractivity contribution in [2.75, 3.05) is 11.9 Å². The first kappa shape index (κ1) is 17.2. The predicted molar refractivity (Wildman–Crippen MR) is 96.1 cm³/mol. The lowest BCUT2D eigenvalue weighted by atomic mass is 10.1. The minimum absolute atomic E-state index is 0.0723. The molecule has 1 heterocycles. The van der Waals surface area contributed by atoms with Gasteiger partial charge in [-0.2, -0.15) is 0 Å². The topological polar surface area (TPSA) is 98.7 Å². The van der Waals surface area contributed by atoms with Gasteiger partial charge in [0.25, 0.3) is 5.91 Å². The van der Waals surface area contributed by atoms with Crippen molar-refractivity contribution in [3.05, 3.63) is 65.4 Å². The van der Waals surface area contributed by atoms with Crippen LogP contribution in [0.5, 0.6) is 5.75 Å².